The van der Waals surface area contributed by atoms with E-state index >= 15 is 0 Å². The summed E-state index contributed by atoms with van der Waals surface area (Å²) in [7, 11) is 0. The highest BCUT2D eigenvalue weighted by molar-refractivity contribution is 7.78. The third-order valence-electron chi connectivity index (χ3n) is 4.92. The molecule has 2 aromatic rings. The summed E-state index contributed by atoms with van der Waals surface area (Å²) in [6, 6.07) is 13.6. The van der Waals surface area contributed by atoms with Gasteiger partial charge in [-0.05, 0) is 37.4 Å². The molecule has 0 saturated carbocycles. The van der Waals surface area contributed by atoms with Crippen LogP contribution < -0.4 is 20.9 Å². The predicted molar refractivity (Wildman–Crippen MR) is 133 cm³/mol. The van der Waals surface area contributed by atoms with Crippen LogP contribution in [0, 0.1) is 0 Å². The fraction of sp³-hybridized carbons (Fsp3) is 0.292. The van der Waals surface area contributed by atoms with Crippen LogP contribution in [0.15, 0.2) is 54.6 Å². The Bertz CT molecular complexity index is 1120. The lowest BCUT2D eigenvalue weighted by Crippen LogP contribution is -2.53. The van der Waals surface area contributed by atoms with Gasteiger partial charge >= 0.3 is 0 Å². The molecule has 0 fully saturated rings. The van der Waals surface area contributed by atoms with Gasteiger partial charge in [0, 0.05) is 18.5 Å². The SMILES string of the molecule is CC(=O)C[C@@H](C=O)NC(=O)CN1C(=O)[C@@H](NC(=O)c2ccccc2)CNc2ccccc21.CS(=O)[O-]. The highest BCUT2D eigenvalue weighted by Gasteiger charge is 2.33. The van der Waals surface area contributed by atoms with Gasteiger partial charge in [-0.1, -0.05) is 41.4 Å². The summed E-state index contributed by atoms with van der Waals surface area (Å²) in [4.78, 5) is 62.2. The minimum Gasteiger partial charge on any atom is -0.773 e. The molecule has 0 radical (unpaired) electrons. The van der Waals surface area contributed by atoms with Crippen molar-refractivity contribution in [1.82, 2.24) is 10.6 Å². The van der Waals surface area contributed by atoms with E-state index in [0.717, 1.165) is 6.26 Å². The van der Waals surface area contributed by atoms with Gasteiger partial charge < -0.3 is 25.3 Å². The number of amides is 3. The Morgan fingerprint density at radius 2 is 1.78 bits per heavy atom. The van der Waals surface area contributed by atoms with Crippen molar-refractivity contribution in [3.63, 3.8) is 0 Å². The second kappa shape index (κ2) is 13.9. The number of hydrogen-bond acceptors (Lipinski definition) is 8. The fourth-order valence-corrected chi connectivity index (χ4v) is 3.41. The van der Waals surface area contributed by atoms with Crippen LogP contribution in [0.5, 0.6) is 0 Å². The van der Waals surface area contributed by atoms with Crippen molar-refractivity contribution in [3.8, 4) is 0 Å². The van der Waals surface area contributed by atoms with Gasteiger partial charge in [-0.2, -0.15) is 0 Å². The van der Waals surface area contributed by atoms with Crippen molar-refractivity contribution in [3.05, 3.63) is 60.2 Å². The molecule has 3 amide bonds. The van der Waals surface area contributed by atoms with Gasteiger partial charge in [0.1, 0.15) is 24.7 Å². The van der Waals surface area contributed by atoms with E-state index in [4.69, 9.17) is 8.76 Å². The topological polar surface area (TPSA) is 165 Å². The molecule has 12 heteroatoms. The molecule has 3 N–H and O–H groups in total. The third-order valence-corrected chi connectivity index (χ3v) is 4.92. The number of fused-ring (bicyclic) bond motifs is 1. The van der Waals surface area contributed by atoms with E-state index in [1.807, 2.05) is 0 Å². The highest BCUT2D eigenvalue weighted by Crippen LogP contribution is 2.28. The van der Waals surface area contributed by atoms with Crippen LogP contribution >= 0.6 is 0 Å². The Labute approximate surface area is 210 Å². The van der Waals surface area contributed by atoms with Crippen LogP contribution in [0.3, 0.4) is 0 Å². The first-order valence-corrected chi connectivity index (χ1v) is 12.4. The lowest BCUT2D eigenvalue weighted by atomic mass is 10.1. The highest BCUT2D eigenvalue weighted by atomic mass is 32.2. The summed E-state index contributed by atoms with van der Waals surface area (Å²) >= 11 is -1.86. The van der Waals surface area contributed by atoms with Gasteiger partial charge in [0.05, 0.1) is 17.4 Å². The van der Waals surface area contributed by atoms with Crippen molar-refractivity contribution in [2.45, 2.75) is 25.4 Å². The van der Waals surface area contributed by atoms with Crippen molar-refractivity contribution < 1.29 is 32.7 Å². The summed E-state index contributed by atoms with van der Waals surface area (Å²) in [6.45, 7) is 1.08. The Hall–Kier alpha value is -3.90. The van der Waals surface area contributed by atoms with Crippen LogP contribution in [0.2, 0.25) is 0 Å². The number of benzene rings is 2. The Morgan fingerprint density at radius 1 is 1.17 bits per heavy atom. The van der Waals surface area contributed by atoms with E-state index < -0.39 is 40.9 Å². The minimum absolute atomic E-state index is 0.128. The van der Waals surface area contributed by atoms with Crippen molar-refractivity contribution >= 4 is 52.2 Å². The molecule has 1 heterocycles. The molecule has 0 spiro atoms. The molecule has 1 aliphatic heterocycles. The largest absolute Gasteiger partial charge is 0.773 e. The van der Waals surface area contributed by atoms with Crippen LogP contribution in [0.25, 0.3) is 0 Å². The number of nitrogens with zero attached hydrogens (tertiary/aromatic N) is 1. The second-order valence-electron chi connectivity index (χ2n) is 7.83. The molecule has 0 aromatic heterocycles. The number of rotatable bonds is 8. The zero-order valence-corrected chi connectivity index (χ0v) is 20.6. The fourth-order valence-electron chi connectivity index (χ4n) is 3.41. The number of ketones is 1. The molecule has 0 saturated heterocycles. The summed E-state index contributed by atoms with van der Waals surface area (Å²) in [5.41, 5.74) is 1.50. The van der Waals surface area contributed by atoms with Gasteiger partial charge in [0.15, 0.2) is 0 Å². The molecule has 1 aliphatic rings. The van der Waals surface area contributed by atoms with E-state index in [2.05, 4.69) is 16.0 Å². The van der Waals surface area contributed by atoms with E-state index in [-0.39, 0.29) is 25.3 Å². The molecule has 2 aromatic carbocycles. The van der Waals surface area contributed by atoms with Gasteiger partial charge in [0.25, 0.3) is 11.8 Å². The van der Waals surface area contributed by atoms with Gasteiger partial charge in [0.2, 0.25) is 5.91 Å². The molecule has 3 atom stereocenters. The van der Waals surface area contributed by atoms with Crippen molar-refractivity contribution in [1.29, 1.82) is 0 Å². The number of anilines is 2. The Morgan fingerprint density at radius 3 is 2.39 bits per heavy atom. The van der Waals surface area contributed by atoms with E-state index in [9.17, 15) is 24.0 Å². The average Bonchev–Trinajstić information content (AvgIpc) is 2.96. The molecule has 192 valence electrons. The number of Topliss-reactive ketones (excluding diaryl/α,β-unsaturated/α-hetero) is 1. The maximum Gasteiger partial charge on any atom is 0.251 e. The number of carbonyl (C=O) groups is 5. The first-order valence-electron chi connectivity index (χ1n) is 10.9. The predicted octanol–water partition coefficient (Wildman–Crippen LogP) is 0.402. The maximum atomic E-state index is 13.3. The number of para-hydroxylation sites is 2. The number of aldehydes is 1. The zero-order valence-electron chi connectivity index (χ0n) is 19.8. The molecule has 11 nitrogen and oxygen atoms in total. The lowest BCUT2D eigenvalue weighted by molar-refractivity contribution is -0.126. The molecule has 0 bridgehead atoms. The lowest BCUT2D eigenvalue weighted by Gasteiger charge is -2.25. The van der Waals surface area contributed by atoms with Crippen LogP contribution in [0.4, 0.5) is 11.4 Å². The number of nitrogens with one attached hydrogen (secondary N) is 3. The molecule has 1 unspecified atom stereocenters. The first kappa shape index (κ1) is 28.3. The summed E-state index contributed by atoms with van der Waals surface area (Å²) in [5, 5.41) is 8.32. The maximum absolute atomic E-state index is 13.3. The molecular weight excluding hydrogens is 488 g/mol. The molecular formula is C24H27N4O7S-. The van der Waals surface area contributed by atoms with Crippen molar-refractivity contribution in [2.24, 2.45) is 0 Å². The number of hydrogen-bond donors (Lipinski definition) is 3. The van der Waals surface area contributed by atoms with Crippen LogP contribution in [-0.4, -0.2) is 70.0 Å². The number of carbonyl (C=O) groups excluding carboxylic acids is 5. The van der Waals surface area contributed by atoms with Crippen molar-refractivity contribution in [2.75, 3.05) is 29.6 Å². The molecule has 3 rings (SSSR count). The third kappa shape index (κ3) is 8.71. The van der Waals surface area contributed by atoms with E-state index in [0.29, 0.717) is 23.2 Å². The Balaban J connectivity index is 0.00000106. The summed E-state index contributed by atoms with van der Waals surface area (Å²) < 4.78 is 18.0. The van der Waals surface area contributed by atoms with Gasteiger partial charge in [-0.15, -0.1) is 0 Å². The molecule has 36 heavy (non-hydrogen) atoms. The normalized spacial score (nSPS) is 16.0. The van der Waals surface area contributed by atoms with Crippen LogP contribution in [0.1, 0.15) is 23.7 Å². The molecule has 0 aliphatic carbocycles. The summed E-state index contributed by atoms with van der Waals surface area (Å²) in [6.07, 6.45) is 1.44. The van der Waals surface area contributed by atoms with E-state index in [1.165, 1.54) is 11.8 Å². The second-order valence-corrected chi connectivity index (χ2v) is 8.63. The van der Waals surface area contributed by atoms with Crippen LogP contribution in [-0.2, 0) is 30.3 Å². The monoisotopic (exact) mass is 515 g/mol. The standard InChI is InChI=1S/C23H24N4O5.CH4O2S/c1-15(29)11-17(14-28)25-21(30)13-27-20-10-6-5-9-18(20)24-12-19(23(27)32)26-22(31)16-7-3-2-4-8-16;1-4(2)3/h2-10,14,17,19,24H,11-13H2,1H3,(H,25,30)(H,26,31);1H3,(H,2,3)/p-1/t17-,19-;/m0./s1. The smallest absolute Gasteiger partial charge is 0.251 e. The zero-order chi connectivity index (χ0) is 26.7. The van der Waals surface area contributed by atoms with E-state index in [1.54, 1.807) is 54.6 Å². The Kier molecular flexibility index (Phi) is 10.9. The quantitative estimate of drug-likeness (QED) is 0.336. The van der Waals surface area contributed by atoms with Gasteiger partial charge in [-0.3, -0.25) is 28.3 Å². The first-order chi connectivity index (χ1) is 17.1. The minimum atomic E-state index is -1.86. The average molecular weight is 516 g/mol. The van der Waals surface area contributed by atoms with Gasteiger partial charge in [-0.25, -0.2) is 0 Å². The summed E-state index contributed by atoms with van der Waals surface area (Å²) in [5.74, 6) is -1.73.